The van der Waals surface area contributed by atoms with Crippen LogP contribution in [0.5, 0.6) is 0 Å². The Kier molecular flexibility index (Phi) is 6.99. The summed E-state index contributed by atoms with van der Waals surface area (Å²) in [6.45, 7) is 8.56. The Hall–Kier alpha value is -1.46. The van der Waals surface area contributed by atoms with E-state index in [1.54, 1.807) is 12.1 Å². The molecule has 1 aliphatic rings. The number of nitrogens with one attached hydrogen (secondary N) is 2. The maximum atomic E-state index is 12.9. The number of carbonyl (C=O) groups excluding carboxylic acids is 1. The quantitative estimate of drug-likeness (QED) is 0.810. The second-order valence-electron chi connectivity index (χ2n) is 6.37. The molecule has 1 fully saturated rings. The number of hydrogen-bond acceptors (Lipinski definition) is 3. The van der Waals surface area contributed by atoms with E-state index in [0.29, 0.717) is 6.54 Å². The van der Waals surface area contributed by atoms with Gasteiger partial charge in [0.25, 0.3) is 0 Å². The number of amides is 1. The van der Waals surface area contributed by atoms with Crippen LogP contribution in [0.2, 0.25) is 0 Å². The van der Waals surface area contributed by atoms with Gasteiger partial charge in [-0.3, -0.25) is 9.69 Å². The van der Waals surface area contributed by atoms with Crippen molar-refractivity contribution in [3.63, 3.8) is 0 Å². The van der Waals surface area contributed by atoms with Crippen LogP contribution in [0.4, 0.5) is 4.39 Å². The molecule has 1 aromatic carbocycles. The highest BCUT2D eigenvalue weighted by molar-refractivity contribution is 5.78. The van der Waals surface area contributed by atoms with Gasteiger partial charge in [-0.1, -0.05) is 19.1 Å². The third-order valence-electron chi connectivity index (χ3n) is 4.50. The van der Waals surface area contributed by atoms with Crippen LogP contribution in [0.15, 0.2) is 24.3 Å². The molecule has 0 saturated carbocycles. The standard InChI is InChI=1S/C18H28FN3O/c1-3-20-12-15-8-10-22(11-9-15)13-18(23)21-14(2)16-4-6-17(19)7-5-16/h4-7,14-15,20H,3,8-13H2,1-2H3,(H,21,23). The summed E-state index contributed by atoms with van der Waals surface area (Å²) in [4.78, 5) is 14.4. The summed E-state index contributed by atoms with van der Waals surface area (Å²) >= 11 is 0. The Balaban J connectivity index is 1.72. The second kappa shape index (κ2) is 8.99. The number of carbonyl (C=O) groups is 1. The number of likely N-dealkylation sites (tertiary alicyclic amines) is 1. The van der Waals surface area contributed by atoms with E-state index in [1.807, 2.05) is 6.92 Å². The minimum atomic E-state index is -0.257. The average Bonchev–Trinajstić information content (AvgIpc) is 2.54. The molecule has 5 heteroatoms. The van der Waals surface area contributed by atoms with Gasteiger partial charge in [0, 0.05) is 0 Å². The molecule has 1 saturated heterocycles. The number of hydrogen-bond donors (Lipinski definition) is 2. The molecular weight excluding hydrogens is 293 g/mol. The van der Waals surface area contributed by atoms with Gasteiger partial charge in [-0.15, -0.1) is 0 Å². The van der Waals surface area contributed by atoms with Gasteiger partial charge in [0.15, 0.2) is 0 Å². The number of nitrogens with zero attached hydrogens (tertiary/aromatic N) is 1. The predicted molar refractivity (Wildman–Crippen MR) is 90.7 cm³/mol. The first-order valence-electron chi connectivity index (χ1n) is 8.56. The number of rotatable bonds is 7. The van der Waals surface area contributed by atoms with Gasteiger partial charge in [-0.2, -0.15) is 0 Å². The minimum absolute atomic E-state index is 0.0342. The summed E-state index contributed by atoms with van der Waals surface area (Å²) in [6.07, 6.45) is 2.29. The van der Waals surface area contributed by atoms with Crippen molar-refractivity contribution >= 4 is 5.91 Å². The number of piperidine rings is 1. The first-order chi connectivity index (χ1) is 11.1. The van der Waals surface area contributed by atoms with E-state index in [-0.39, 0.29) is 17.8 Å². The highest BCUT2D eigenvalue weighted by atomic mass is 19.1. The maximum absolute atomic E-state index is 12.9. The summed E-state index contributed by atoms with van der Waals surface area (Å²) in [5, 5.41) is 6.39. The first-order valence-corrected chi connectivity index (χ1v) is 8.56. The lowest BCUT2D eigenvalue weighted by atomic mass is 9.97. The molecule has 0 radical (unpaired) electrons. The summed E-state index contributed by atoms with van der Waals surface area (Å²) in [6, 6.07) is 6.17. The van der Waals surface area contributed by atoms with Crippen LogP contribution in [0.1, 0.15) is 38.3 Å². The lowest BCUT2D eigenvalue weighted by molar-refractivity contribution is -0.123. The van der Waals surface area contributed by atoms with Crippen LogP contribution in [-0.2, 0) is 4.79 Å². The Morgan fingerprint density at radius 1 is 1.30 bits per heavy atom. The fourth-order valence-corrected chi connectivity index (χ4v) is 3.02. The zero-order valence-electron chi connectivity index (χ0n) is 14.1. The lowest BCUT2D eigenvalue weighted by Gasteiger charge is -2.31. The molecule has 1 aromatic rings. The molecule has 0 spiro atoms. The van der Waals surface area contributed by atoms with Crippen LogP contribution in [0, 0.1) is 11.7 Å². The van der Waals surface area contributed by atoms with Crippen LogP contribution in [0.3, 0.4) is 0 Å². The highest BCUT2D eigenvalue weighted by Crippen LogP contribution is 2.16. The van der Waals surface area contributed by atoms with Crippen LogP contribution in [-0.4, -0.2) is 43.5 Å². The van der Waals surface area contributed by atoms with Gasteiger partial charge < -0.3 is 10.6 Å². The number of benzene rings is 1. The Morgan fingerprint density at radius 3 is 2.57 bits per heavy atom. The van der Waals surface area contributed by atoms with E-state index in [1.165, 1.54) is 12.1 Å². The highest BCUT2D eigenvalue weighted by Gasteiger charge is 2.21. The molecule has 4 nitrogen and oxygen atoms in total. The topological polar surface area (TPSA) is 44.4 Å². The predicted octanol–water partition coefficient (Wildman–Crippen LogP) is 2.32. The zero-order chi connectivity index (χ0) is 16.7. The summed E-state index contributed by atoms with van der Waals surface area (Å²) in [5.74, 6) is 0.507. The van der Waals surface area contributed by atoms with Gasteiger partial charge in [0.1, 0.15) is 5.82 Å². The maximum Gasteiger partial charge on any atom is 0.234 e. The van der Waals surface area contributed by atoms with E-state index in [0.717, 1.165) is 50.5 Å². The van der Waals surface area contributed by atoms with Crippen molar-refractivity contribution in [2.45, 2.75) is 32.7 Å². The van der Waals surface area contributed by atoms with E-state index in [4.69, 9.17) is 0 Å². The molecule has 23 heavy (non-hydrogen) atoms. The van der Waals surface area contributed by atoms with E-state index in [9.17, 15) is 9.18 Å². The third kappa shape index (κ3) is 5.92. The molecule has 1 unspecified atom stereocenters. The second-order valence-corrected chi connectivity index (χ2v) is 6.37. The molecule has 128 valence electrons. The molecule has 2 rings (SSSR count). The van der Waals surface area contributed by atoms with Crippen molar-refractivity contribution in [2.24, 2.45) is 5.92 Å². The average molecular weight is 321 g/mol. The van der Waals surface area contributed by atoms with Crippen molar-refractivity contribution < 1.29 is 9.18 Å². The molecular formula is C18H28FN3O. The third-order valence-corrected chi connectivity index (χ3v) is 4.50. The Labute approximate surface area is 138 Å². The van der Waals surface area contributed by atoms with Gasteiger partial charge in [-0.25, -0.2) is 4.39 Å². The smallest absolute Gasteiger partial charge is 0.234 e. The molecule has 0 bridgehead atoms. The van der Waals surface area contributed by atoms with Gasteiger partial charge >= 0.3 is 0 Å². The molecule has 1 heterocycles. The van der Waals surface area contributed by atoms with Crippen molar-refractivity contribution in [1.82, 2.24) is 15.5 Å². The van der Waals surface area contributed by atoms with Crippen molar-refractivity contribution in [3.8, 4) is 0 Å². The summed E-state index contributed by atoms with van der Waals surface area (Å²) < 4.78 is 12.9. The first kappa shape index (κ1) is 17.9. The molecule has 1 amide bonds. The fourth-order valence-electron chi connectivity index (χ4n) is 3.02. The van der Waals surface area contributed by atoms with E-state index >= 15 is 0 Å². The molecule has 0 aliphatic carbocycles. The summed E-state index contributed by atoms with van der Waals surface area (Å²) in [7, 11) is 0. The SMILES string of the molecule is CCNCC1CCN(CC(=O)NC(C)c2ccc(F)cc2)CC1. The normalized spacial score (nSPS) is 17.9. The zero-order valence-corrected chi connectivity index (χ0v) is 14.1. The molecule has 1 atom stereocenters. The molecule has 2 N–H and O–H groups in total. The summed E-state index contributed by atoms with van der Waals surface area (Å²) in [5.41, 5.74) is 0.920. The van der Waals surface area contributed by atoms with Crippen LogP contribution < -0.4 is 10.6 Å². The Bertz CT molecular complexity index is 484. The van der Waals surface area contributed by atoms with Gasteiger partial charge in [0.05, 0.1) is 12.6 Å². The molecule has 0 aromatic heterocycles. The van der Waals surface area contributed by atoms with Crippen LogP contribution in [0.25, 0.3) is 0 Å². The van der Waals surface area contributed by atoms with Gasteiger partial charge in [0.2, 0.25) is 5.91 Å². The Morgan fingerprint density at radius 2 is 1.96 bits per heavy atom. The van der Waals surface area contributed by atoms with Gasteiger partial charge in [-0.05, 0) is 69.6 Å². The fraction of sp³-hybridized carbons (Fsp3) is 0.611. The van der Waals surface area contributed by atoms with Crippen molar-refractivity contribution in [2.75, 3.05) is 32.7 Å². The van der Waals surface area contributed by atoms with E-state index in [2.05, 4.69) is 22.5 Å². The van der Waals surface area contributed by atoms with Crippen molar-refractivity contribution in [3.05, 3.63) is 35.6 Å². The minimum Gasteiger partial charge on any atom is -0.348 e. The van der Waals surface area contributed by atoms with Crippen molar-refractivity contribution in [1.29, 1.82) is 0 Å². The monoisotopic (exact) mass is 321 g/mol. The lowest BCUT2D eigenvalue weighted by Crippen LogP contribution is -2.43. The van der Waals surface area contributed by atoms with E-state index < -0.39 is 0 Å². The largest absolute Gasteiger partial charge is 0.348 e. The van der Waals surface area contributed by atoms with Crippen LogP contribution >= 0.6 is 0 Å². The number of halogens is 1. The molecule has 1 aliphatic heterocycles.